The van der Waals surface area contributed by atoms with Crippen LogP contribution >= 0.6 is 0 Å². The van der Waals surface area contributed by atoms with Gasteiger partial charge in [0.25, 0.3) is 0 Å². The van der Waals surface area contributed by atoms with Gasteiger partial charge in [0.05, 0.1) is 0 Å². The zero-order valence-corrected chi connectivity index (χ0v) is 8.23. The number of nitrogens with two attached hydrogens (primary N) is 1. The van der Waals surface area contributed by atoms with E-state index in [1.54, 1.807) is 12.3 Å². The van der Waals surface area contributed by atoms with Crippen molar-refractivity contribution in [2.75, 3.05) is 0 Å². The van der Waals surface area contributed by atoms with E-state index >= 15 is 0 Å². The molecule has 0 aliphatic heterocycles. The normalized spacial score (nSPS) is 10.2. The Hall–Kier alpha value is -1.87. The predicted octanol–water partition coefficient (Wildman–Crippen LogP) is 1.50. The van der Waals surface area contributed by atoms with E-state index in [2.05, 4.69) is 4.98 Å². The maximum atomic E-state index is 11.1. The number of benzene rings is 1. The lowest BCUT2D eigenvalue weighted by Crippen LogP contribution is -2.02. The van der Waals surface area contributed by atoms with Gasteiger partial charge in [-0.15, -0.1) is 0 Å². The second-order valence-electron chi connectivity index (χ2n) is 3.35. The Bertz CT molecular complexity index is 517. The molecule has 1 heterocycles. The fourth-order valence-electron chi connectivity index (χ4n) is 1.50. The number of H-pyrrole nitrogens is 1. The maximum Gasteiger partial charge on any atom is 0.248 e. The minimum atomic E-state index is -0.0920. The number of nitrogens with one attached hydrogen (secondary N) is 1. The number of hydrogen-bond acceptors (Lipinski definition) is 2. The summed E-state index contributed by atoms with van der Waals surface area (Å²) in [5.41, 5.74) is 8.46. The van der Waals surface area contributed by atoms with Crippen LogP contribution in [0.25, 0.3) is 11.1 Å². The minimum absolute atomic E-state index is 0.0920. The Balaban J connectivity index is 2.49. The molecule has 3 heteroatoms. The van der Waals surface area contributed by atoms with E-state index in [4.69, 9.17) is 5.73 Å². The van der Waals surface area contributed by atoms with Crippen LogP contribution in [0.2, 0.25) is 0 Å². The van der Waals surface area contributed by atoms with Crippen LogP contribution < -0.4 is 11.3 Å². The van der Waals surface area contributed by atoms with Crippen LogP contribution in [0.4, 0.5) is 0 Å². The van der Waals surface area contributed by atoms with Crippen LogP contribution in [0.1, 0.15) is 5.56 Å². The zero-order valence-electron chi connectivity index (χ0n) is 8.23. The Morgan fingerprint density at radius 2 is 1.93 bits per heavy atom. The lowest BCUT2D eigenvalue weighted by Gasteiger charge is -2.02. The molecular weight excluding hydrogens is 188 g/mol. The number of aromatic nitrogens is 1. The third-order valence-electron chi connectivity index (χ3n) is 2.27. The number of hydrogen-bond donors (Lipinski definition) is 2. The molecule has 0 spiro atoms. The molecule has 3 nitrogen and oxygen atoms in total. The van der Waals surface area contributed by atoms with Crippen molar-refractivity contribution in [2.24, 2.45) is 5.73 Å². The molecule has 76 valence electrons. The van der Waals surface area contributed by atoms with Crippen molar-refractivity contribution in [3.63, 3.8) is 0 Å². The largest absolute Gasteiger partial charge is 0.329 e. The summed E-state index contributed by atoms with van der Waals surface area (Å²) in [7, 11) is 0. The fourth-order valence-corrected chi connectivity index (χ4v) is 1.50. The molecule has 2 rings (SSSR count). The number of rotatable bonds is 2. The van der Waals surface area contributed by atoms with Crippen molar-refractivity contribution < 1.29 is 0 Å². The lowest BCUT2D eigenvalue weighted by atomic mass is 10.0. The van der Waals surface area contributed by atoms with E-state index in [0.29, 0.717) is 6.54 Å². The Morgan fingerprint density at radius 3 is 2.67 bits per heavy atom. The Labute approximate surface area is 87.6 Å². The average molecular weight is 200 g/mol. The van der Waals surface area contributed by atoms with E-state index in [-0.39, 0.29) is 5.56 Å². The van der Waals surface area contributed by atoms with Crippen molar-refractivity contribution in [3.05, 3.63) is 58.5 Å². The Morgan fingerprint density at radius 1 is 1.13 bits per heavy atom. The molecule has 1 aromatic heterocycles. The molecule has 0 amide bonds. The van der Waals surface area contributed by atoms with Crippen molar-refractivity contribution in [3.8, 4) is 11.1 Å². The van der Waals surface area contributed by atoms with Gasteiger partial charge < -0.3 is 10.7 Å². The van der Waals surface area contributed by atoms with E-state index in [0.717, 1.165) is 16.7 Å². The highest BCUT2D eigenvalue weighted by atomic mass is 16.1. The second-order valence-corrected chi connectivity index (χ2v) is 3.35. The summed E-state index contributed by atoms with van der Waals surface area (Å²) in [5, 5.41) is 0. The quantitative estimate of drug-likeness (QED) is 0.771. The first kappa shape index (κ1) is 9.68. The highest BCUT2D eigenvalue weighted by molar-refractivity contribution is 5.63. The molecule has 15 heavy (non-hydrogen) atoms. The van der Waals surface area contributed by atoms with Gasteiger partial charge in [-0.1, -0.05) is 18.2 Å². The first-order chi connectivity index (χ1) is 7.29. The van der Waals surface area contributed by atoms with Gasteiger partial charge in [0.2, 0.25) is 5.56 Å². The molecule has 0 fully saturated rings. The van der Waals surface area contributed by atoms with E-state index < -0.39 is 0 Å². The summed E-state index contributed by atoms with van der Waals surface area (Å²) in [6, 6.07) is 11.3. The number of aromatic amines is 1. The van der Waals surface area contributed by atoms with Gasteiger partial charge in [-0.25, -0.2) is 0 Å². The van der Waals surface area contributed by atoms with Gasteiger partial charge in [0.1, 0.15) is 0 Å². The molecule has 2 aromatic rings. The second kappa shape index (κ2) is 4.11. The summed E-state index contributed by atoms with van der Waals surface area (Å²) in [6.07, 6.45) is 1.65. The van der Waals surface area contributed by atoms with Crippen molar-refractivity contribution in [1.29, 1.82) is 0 Å². The SMILES string of the molecule is NCc1cccc(-c2cc[nH]c(=O)c2)c1. The predicted molar refractivity (Wildman–Crippen MR) is 60.4 cm³/mol. The summed E-state index contributed by atoms with van der Waals surface area (Å²) in [5.74, 6) is 0. The third kappa shape index (κ3) is 2.14. The Kier molecular flexibility index (Phi) is 2.65. The number of pyridine rings is 1. The van der Waals surface area contributed by atoms with E-state index in [1.807, 2.05) is 30.3 Å². The standard InChI is InChI=1S/C12H12N2O/c13-8-9-2-1-3-10(6-9)11-4-5-14-12(15)7-11/h1-7H,8,13H2,(H,14,15). The molecule has 0 unspecified atom stereocenters. The van der Waals surface area contributed by atoms with E-state index in [1.165, 1.54) is 0 Å². The van der Waals surface area contributed by atoms with Gasteiger partial charge in [0.15, 0.2) is 0 Å². The molecule has 0 saturated heterocycles. The average Bonchev–Trinajstić information content (AvgIpc) is 2.29. The summed E-state index contributed by atoms with van der Waals surface area (Å²) >= 11 is 0. The minimum Gasteiger partial charge on any atom is -0.329 e. The van der Waals surface area contributed by atoms with Crippen molar-refractivity contribution in [2.45, 2.75) is 6.54 Å². The summed E-state index contributed by atoms with van der Waals surface area (Å²) in [4.78, 5) is 13.7. The molecule has 0 aliphatic carbocycles. The highest BCUT2D eigenvalue weighted by Gasteiger charge is 1.98. The molecule has 3 N–H and O–H groups in total. The van der Waals surface area contributed by atoms with Crippen LogP contribution in [0.3, 0.4) is 0 Å². The monoisotopic (exact) mass is 200 g/mol. The molecule has 0 aliphatic rings. The van der Waals surface area contributed by atoms with Crippen LogP contribution in [-0.4, -0.2) is 4.98 Å². The third-order valence-corrected chi connectivity index (χ3v) is 2.27. The van der Waals surface area contributed by atoms with Gasteiger partial charge >= 0.3 is 0 Å². The maximum absolute atomic E-state index is 11.1. The summed E-state index contributed by atoms with van der Waals surface area (Å²) < 4.78 is 0. The van der Waals surface area contributed by atoms with Crippen molar-refractivity contribution in [1.82, 2.24) is 4.98 Å². The first-order valence-corrected chi connectivity index (χ1v) is 4.78. The molecule has 0 bridgehead atoms. The van der Waals surface area contributed by atoms with Crippen LogP contribution in [0.15, 0.2) is 47.4 Å². The molecule has 0 atom stereocenters. The van der Waals surface area contributed by atoms with Gasteiger partial charge in [0, 0.05) is 18.8 Å². The lowest BCUT2D eigenvalue weighted by molar-refractivity contribution is 1.07. The van der Waals surface area contributed by atoms with Crippen molar-refractivity contribution >= 4 is 0 Å². The van der Waals surface area contributed by atoms with Gasteiger partial charge in [-0.05, 0) is 28.8 Å². The van der Waals surface area contributed by atoms with E-state index in [9.17, 15) is 4.79 Å². The molecule has 0 radical (unpaired) electrons. The molecule has 0 saturated carbocycles. The smallest absolute Gasteiger partial charge is 0.248 e. The fraction of sp³-hybridized carbons (Fsp3) is 0.0833. The van der Waals surface area contributed by atoms with Crippen LogP contribution in [0.5, 0.6) is 0 Å². The first-order valence-electron chi connectivity index (χ1n) is 4.78. The van der Waals surface area contributed by atoms with Crippen LogP contribution in [0, 0.1) is 0 Å². The van der Waals surface area contributed by atoms with Gasteiger partial charge in [-0.3, -0.25) is 4.79 Å². The topological polar surface area (TPSA) is 58.9 Å². The summed E-state index contributed by atoms with van der Waals surface area (Å²) in [6.45, 7) is 0.511. The van der Waals surface area contributed by atoms with Crippen LogP contribution in [-0.2, 0) is 6.54 Å². The highest BCUT2D eigenvalue weighted by Crippen LogP contribution is 2.17. The molecular formula is C12H12N2O. The zero-order chi connectivity index (χ0) is 10.7. The molecule has 1 aromatic carbocycles. The van der Waals surface area contributed by atoms with Gasteiger partial charge in [-0.2, -0.15) is 0 Å².